The predicted octanol–water partition coefficient (Wildman–Crippen LogP) is 3.36. The Kier molecular flexibility index (Phi) is 2.60. The Bertz CT molecular complexity index is 760. The summed E-state index contributed by atoms with van der Waals surface area (Å²) < 4.78 is 0. The molecule has 100 valence electrons. The van der Waals surface area contributed by atoms with E-state index in [9.17, 15) is 0 Å². The average molecular weight is 263 g/mol. The van der Waals surface area contributed by atoms with Crippen LogP contribution >= 0.6 is 0 Å². The lowest BCUT2D eigenvalue weighted by Crippen LogP contribution is -2.31. The Morgan fingerprint density at radius 2 is 1.95 bits per heavy atom. The van der Waals surface area contributed by atoms with Crippen molar-refractivity contribution in [2.75, 3.05) is 6.54 Å². The van der Waals surface area contributed by atoms with Gasteiger partial charge in [0.1, 0.15) is 0 Å². The molecular weight excluding hydrogens is 246 g/mol. The maximum atomic E-state index is 4.10. The fourth-order valence-electron chi connectivity index (χ4n) is 3.21. The molecule has 0 amide bonds. The summed E-state index contributed by atoms with van der Waals surface area (Å²) in [6.07, 6.45) is 1.89. The van der Waals surface area contributed by atoms with E-state index in [4.69, 9.17) is 0 Å². The SMILES string of the molecule is CC1NCC(c2ccc3[nH]ncc3c2)c2ccccc21. The van der Waals surface area contributed by atoms with E-state index in [0.717, 1.165) is 12.1 Å². The zero-order chi connectivity index (χ0) is 13.5. The highest BCUT2D eigenvalue weighted by Gasteiger charge is 2.25. The Hall–Kier alpha value is -2.13. The topological polar surface area (TPSA) is 40.7 Å². The lowest BCUT2D eigenvalue weighted by atomic mass is 9.83. The third-order valence-corrected chi connectivity index (χ3v) is 4.33. The molecule has 0 fully saturated rings. The van der Waals surface area contributed by atoms with Gasteiger partial charge in [-0.3, -0.25) is 5.10 Å². The molecule has 0 radical (unpaired) electrons. The zero-order valence-electron chi connectivity index (χ0n) is 11.4. The summed E-state index contributed by atoms with van der Waals surface area (Å²) in [5.74, 6) is 0.418. The van der Waals surface area contributed by atoms with Crippen molar-refractivity contribution in [3.63, 3.8) is 0 Å². The van der Waals surface area contributed by atoms with E-state index in [1.807, 2.05) is 6.20 Å². The molecule has 2 atom stereocenters. The molecule has 1 aliphatic heterocycles. The molecule has 2 unspecified atom stereocenters. The number of nitrogens with zero attached hydrogens (tertiary/aromatic N) is 1. The van der Waals surface area contributed by atoms with Gasteiger partial charge in [0.15, 0.2) is 0 Å². The number of fused-ring (bicyclic) bond motifs is 2. The molecule has 3 aromatic rings. The molecule has 0 spiro atoms. The largest absolute Gasteiger partial charge is 0.309 e. The van der Waals surface area contributed by atoms with Crippen LogP contribution in [0.2, 0.25) is 0 Å². The number of aromatic amines is 1. The van der Waals surface area contributed by atoms with E-state index < -0.39 is 0 Å². The van der Waals surface area contributed by atoms with Gasteiger partial charge in [-0.15, -0.1) is 0 Å². The van der Waals surface area contributed by atoms with Crippen molar-refractivity contribution in [1.29, 1.82) is 0 Å². The van der Waals surface area contributed by atoms with Gasteiger partial charge in [-0.2, -0.15) is 5.10 Å². The van der Waals surface area contributed by atoms with Gasteiger partial charge in [0.25, 0.3) is 0 Å². The summed E-state index contributed by atoms with van der Waals surface area (Å²) in [4.78, 5) is 0. The highest BCUT2D eigenvalue weighted by molar-refractivity contribution is 5.78. The van der Waals surface area contributed by atoms with Crippen LogP contribution in [-0.4, -0.2) is 16.7 Å². The molecular formula is C17H17N3. The van der Waals surface area contributed by atoms with Crippen molar-refractivity contribution < 1.29 is 0 Å². The van der Waals surface area contributed by atoms with Crippen LogP contribution in [0.3, 0.4) is 0 Å². The molecule has 0 aliphatic carbocycles. The van der Waals surface area contributed by atoms with Crippen LogP contribution in [0.15, 0.2) is 48.7 Å². The van der Waals surface area contributed by atoms with Gasteiger partial charge in [0, 0.05) is 23.9 Å². The van der Waals surface area contributed by atoms with Gasteiger partial charge < -0.3 is 5.32 Å². The Morgan fingerprint density at radius 3 is 2.85 bits per heavy atom. The highest BCUT2D eigenvalue weighted by atomic mass is 15.1. The first-order valence-corrected chi connectivity index (χ1v) is 7.08. The van der Waals surface area contributed by atoms with Crippen LogP contribution < -0.4 is 5.32 Å². The van der Waals surface area contributed by atoms with Crippen molar-refractivity contribution in [2.24, 2.45) is 0 Å². The molecule has 1 aromatic heterocycles. The third kappa shape index (κ3) is 1.74. The Morgan fingerprint density at radius 1 is 1.10 bits per heavy atom. The minimum Gasteiger partial charge on any atom is -0.309 e. The van der Waals surface area contributed by atoms with Crippen molar-refractivity contribution in [2.45, 2.75) is 18.9 Å². The fourth-order valence-corrected chi connectivity index (χ4v) is 3.21. The lowest BCUT2D eigenvalue weighted by molar-refractivity contribution is 0.508. The summed E-state index contributed by atoms with van der Waals surface area (Å²) in [6, 6.07) is 15.8. The minimum atomic E-state index is 0.418. The highest BCUT2D eigenvalue weighted by Crippen LogP contribution is 2.34. The number of nitrogens with one attached hydrogen (secondary N) is 2. The molecule has 3 nitrogen and oxygen atoms in total. The summed E-state index contributed by atoms with van der Waals surface area (Å²) in [7, 11) is 0. The van der Waals surface area contributed by atoms with Crippen molar-refractivity contribution >= 4 is 10.9 Å². The van der Waals surface area contributed by atoms with E-state index in [1.54, 1.807) is 0 Å². The Balaban J connectivity index is 1.84. The van der Waals surface area contributed by atoms with Crippen molar-refractivity contribution in [1.82, 2.24) is 15.5 Å². The smallest absolute Gasteiger partial charge is 0.0650 e. The molecule has 2 heterocycles. The molecule has 0 bridgehead atoms. The van der Waals surface area contributed by atoms with Gasteiger partial charge in [0.05, 0.1) is 11.7 Å². The zero-order valence-corrected chi connectivity index (χ0v) is 11.4. The number of benzene rings is 2. The molecule has 2 N–H and O–H groups in total. The number of aromatic nitrogens is 2. The summed E-state index contributed by atoms with van der Waals surface area (Å²) in [5.41, 5.74) is 5.31. The van der Waals surface area contributed by atoms with Crippen LogP contribution in [0.1, 0.15) is 35.6 Å². The van der Waals surface area contributed by atoms with Crippen LogP contribution in [0.4, 0.5) is 0 Å². The normalized spacial score (nSPS) is 21.9. The number of hydrogen-bond donors (Lipinski definition) is 2. The summed E-state index contributed by atoms with van der Waals surface area (Å²) in [6.45, 7) is 3.22. The van der Waals surface area contributed by atoms with Gasteiger partial charge in [-0.05, 0) is 35.7 Å². The van der Waals surface area contributed by atoms with Crippen molar-refractivity contribution in [3.8, 4) is 0 Å². The Labute approximate surface area is 118 Å². The first-order chi connectivity index (χ1) is 9.83. The number of rotatable bonds is 1. The van der Waals surface area contributed by atoms with Crippen LogP contribution in [-0.2, 0) is 0 Å². The lowest BCUT2D eigenvalue weighted by Gasteiger charge is -2.31. The standard InChI is InChI=1S/C17H17N3/c1-11-14-4-2-3-5-15(14)16(10-18-11)12-6-7-17-13(8-12)9-19-20-17/h2-9,11,16,18H,10H2,1H3,(H,19,20). The maximum absolute atomic E-state index is 4.10. The molecule has 3 heteroatoms. The van der Waals surface area contributed by atoms with Crippen molar-refractivity contribution in [3.05, 3.63) is 65.4 Å². The molecule has 0 saturated heterocycles. The molecule has 2 aromatic carbocycles. The average Bonchev–Trinajstić information content (AvgIpc) is 2.95. The first kappa shape index (κ1) is 11.7. The van der Waals surface area contributed by atoms with Crippen LogP contribution in [0.5, 0.6) is 0 Å². The maximum Gasteiger partial charge on any atom is 0.0650 e. The van der Waals surface area contributed by atoms with Gasteiger partial charge in [-0.25, -0.2) is 0 Å². The number of H-pyrrole nitrogens is 1. The predicted molar refractivity (Wildman–Crippen MR) is 80.8 cm³/mol. The van der Waals surface area contributed by atoms with E-state index in [-0.39, 0.29) is 0 Å². The first-order valence-electron chi connectivity index (χ1n) is 7.08. The van der Waals surface area contributed by atoms with E-state index >= 15 is 0 Å². The molecule has 0 saturated carbocycles. The van der Waals surface area contributed by atoms with Gasteiger partial charge >= 0.3 is 0 Å². The second kappa shape index (κ2) is 4.46. The minimum absolute atomic E-state index is 0.418. The second-order valence-corrected chi connectivity index (χ2v) is 5.53. The van der Waals surface area contributed by atoms with Gasteiger partial charge in [0.2, 0.25) is 0 Å². The monoisotopic (exact) mass is 263 g/mol. The summed E-state index contributed by atoms with van der Waals surface area (Å²) in [5, 5.41) is 11.9. The molecule has 4 rings (SSSR count). The third-order valence-electron chi connectivity index (χ3n) is 4.33. The summed E-state index contributed by atoms with van der Waals surface area (Å²) >= 11 is 0. The second-order valence-electron chi connectivity index (χ2n) is 5.53. The van der Waals surface area contributed by atoms with E-state index in [0.29, 0.717) is 12.0 Å². The van der Waals surface area contributed by atoms with Gasteiger partial charge in [-0.1, -0.05) is 30.3 Å². The number of hydrogen-bond acceptors (Lipinski definition) is 2. The van der Waals surface area contributed by atoms with Crippen LogP contribution in [0.25, 0.3) is 10.9 Å². The molecule has 20 heavy (non-hydrogen) atoms. The quantitative estimate of drug-likeness (QED) is 0.707. The van der Waals surface area contributed by atoms with E-state index in [1.165, 1.54) is 22.1 Å². The fraction of sp³-hybridized carbons (Fsp3) is 0.235. The van der Waals surface area contributed by atoms with E-state index in [2.05, 4.69) is 64.9 Å². The van der Waals surface area contributed by atoms with Crippen LogP contribution in [0, 0.1) is 0 Å². The molecule has 1 aliphatic rings.